The maximum Gasteiger partial charge on any atom is 0.129 e. The molecule has 136 valence electrons. The fourth-order valence-corrected chi connectivity index (χ4v) is 3.43. The van der Waals surface area contributed by atoms with E-state index >= 15 is 0 Å². The average molecular weight is 359 g/mol. The number of rotatable bonds is 4. The van der Waals surface area contributed by atoms with Crippen molar-refractivity contribution in [2.45, 2.75) is 25.2 Å². The lowest BCUT2D eigenvalue weighted by atomic mass is 10.0. The Morgan fingerprint density at radius 1 is 1.27 bits per heavy atom. The zero-order valence-electron chi connectivity index (χ0n) is 14.0. The quantitative estimate of drug-likeness (QED) is 0.752. The van der Waals surface area contributed by atoms with Gasteiger partial charge in [-0.3, -0.25) is 9.88 Å². The van der Waals surface area contributed by atoms with Gasteiger partial charge in [0, 0.05) is 55.6 Å². The molecule has 0 bridgehead atoms. The number of H-pyrrole nitrogens is 1. The Kier molecular flexibility index (Phi) is 4.57. The van der Waals surface area contributed by atoms with Gasteiger partial charge in [0.25, 0.3) is 0 Å². The molecule has 3 heterocycles. The number of benzene rings is 1. The van der Waals surface area contributed by atoms with Crippen molar-refractivity contribution in [2.24, 2.45) is 0 Å². The smallest absolute Gasteiger partial charge is 0.129 e. The van der Waals surface area contributed by atoms with E-state index in [4.69, 9.17) is 4.74 Å². The first kappa shape index (κ1) is 16.9. The van der Waals surface area contributed by atoms with Crippen molar-refractivity contribution in [3.8, 4) is 5.75 Å². The molecular formula is C19H19F2N3O2. The highest BCUT2D eigenvalue weighted by atomic mass is 19.1. The molecule has 2 N–H and O–H groups in total. The van der Waals surface area contributed by atoms with E-state index in [0.717, 1.165) is 41.2 Å². The molecule has 0 radical (unpaired) electrons. The van der Waals surface area contributed by atoms with Crippen molar-refractivity contribution in [3.05, 3.63) is 60.1 Å². The fraction of sp³-hybridized carbons (Fsp3) is 0.316. The second-order valence-corrected chi connectivity index (χ2v) is 6.59. The minimum absolute atomic E-state index is 0.101. The summed E-state index contributed by atoms with van der Waals surface area (Å²) >= 11 is 0. The highest BCUT2D eigenvalue weighted by Gasteiger charge is 2.29. The zero-order valence-corrected chi connectivity index (χ0v) is 14.0. The van der Waals surface area contributed by atoms with Crippen molar-refractivity contribution in [1.29, 1.82) is 0 Å². The number of halogens is 2. The van der Waals surface area contributed by atoms with Gasteiger partial charge in [-0.25, -0.2) is 8.78 Å². The normalized spacial score (nSPS) is 21.2. The van der Waals surface area contributed by atoms with Crippen molar-refractivity contribution < 1.29 is 18.6 Å². The van der Waals surface area contributed by atoms with Crippen LogP contribution in [-0.4, -0.2) is 45.3 Å². The molecule has 0 spiro atoms. The van der Waals surface area contributed by atoms with Crippen LogP contribution in [0.15, 0.2) is 42.9 Å². The van der Waals surface area contributed by atoms with Crippen LogP contribution in [0.2, 0.25) is 0 Å². The monoisotopic (exact) mass is 359 g/mol. The third-order valence-corrected chi connectivity index (χ3v) is 4.69. The number of likely N-dealkylation sites (tertiary alicyclic amines) is 1. The third-order valence-electron chi connectivity index (χ3n) is 4.69. The van der Waals surface area contributed by atoms with Crippen LogP contribution in [0.1, 0.15) is 12.0 Å². The molecule has 5 nitrogen and oxygen atoms in total. The molecule has 0 saturated carbocycles. The summed E-state index contributed by atoms with van der Waals surface area (Å²) in [5.74, 6) is -1.29. The van der Waals surface area contributed by atoms with Crippen LogP contribution in [-0.2, 0) is 6.54 Å². The molecule has 1 aliphatic rings. The summed E-state index contributed by atoms with van der Waals surface area (Å²) < 4.78 is 32.2. The Bertz CT molecular complexity index is 894. The number of aliphatic hydroxyl groups excluding tert-OH is 1. The largest absolute Gasteiger partial charge is 0.487 e. The number of pyridine rings is 1. The molecule has 3 aromatic rings. The Morgan fingerprint density at radius 2 is 2.08 bits per heavy atom. The van der Waals surface area contributed by atoms with Crippen LogP contribution in [0.25, 0.3) is 10.9 Å². The predicted octanol–water partition coefficient (Wildman–Crippen LogP) is 2.86. The minimum Gasteiger partial charge on any atom is -0.487 e. The van der Waals surface area contributed by atoms with Gasteiger partial charge in [-0.15, -0.1) is 0 Å². The highest BCUT2D eigenvalue weighted by Crippen LogP contribution is 2.24. The molecule has 2 aromatic heterocycles. The molecule has 7 heteroatoms. The van der Waals surface area contributed by atoms with Crippen LogP contribution in [0, 0.1) is 11.6 Å². The number of aromatic nitrogens is 2. The first-order chi connectivity index (χ1) is 12.6. The van der Waals surface area contributed by atoms with Gasteiger partial charge in [0.05, 0.1) is 11.7 Å². The summed E-state index contributed by atoms with van der Waals surface area (Å²) in [5.41, 5.74) is 2.12. The van der Waals surface area contributed by atoms with Crippen molar-refractivity contribution in [2.75, 3.05) is 13.1 Å². The number of nitrogens with zero attached hydrogens (tertiary/aromatic N) is 2. The molecule has 0 aliphatic carbocycles. The van der Waals surface area contributed by atoms with Gasteiger partial charge in [0.15, 0.2) is 0 Å². The molecule has 26 heavy (non-hydrogen) atoms. The van der Waals surface area contributed by atoms with Crippen LogP contribution in [0.4, 0.5) is 8.78 Å². The van der Waals surface area contributed by atoms with Gasteiger partial charge in [0.2, 0.25) is 0 Å². The molecular weight excluding hydrogens is 340 g/mol. The molecule has 1 aliphatic heterocycles. The van der Waals surface area contributed by atoms with E-state index in [1.165, 1.54) is 0 Å². The van der Waals surface area contributed by atoms with Crippen LogP contribution in [0.3, 0.4) is 0 Å². The summed E-state index contributed by atoms with van der Waals surface area (Å²) in [4.78, 5) is 9.42. The van der Waals surface area contributed by atoms with Crippen LogP contribution in [0.5, 0.6) is 5.75 Å². The first-order valence-electron chi connectivity index (χ1n) is 8.51. The first-order valence-corrected chi connectivity index (χ1v) is 8.51. The number of piperidine rings is 1. The summed E-state index contributed by atoms with van der Waals surface area (Å²) in [6.07, 6.45) is 4.85. The number of aliphatic hydroxyl groups is 1. The summed E-state index contributed by atoms with van der Waals surface area (Å²) in [5, 5.41) is 11.5. The summed E-state index contributed by atoms with van der Waals surface area (Å²) in [6, 6.07) is 5.01. The Morgan fingerprint density at radius 3 is 2.85 bits per heavy atom. The van der Waals surface area contributed by atoms with E-state index in [2.05, 4.69) is 14.9 Å². The minimum atomic E-state index is -0.734. The van der Waals surface area contributed by atoms with E-state index in [-0.39, 0.29) is 5.75 Å². The number of aromatic amines is 1. The number of β-amino-alcohol motifs (C(OH)–C–C–N with tert-alkyl or cyclic N) is 1. The van der Waals surface area contributed by atoms with Crippen molar-refractivity contribution in [3.63, 3.8) is 0 Å². The second-order valence-electron chi connectivity index (χ2n) is 6.59. The molecule has 0 amide bonds. The molecule has 2 atom stereocenters. The maximum atomic E-state index is 13.3. The van der Waals surface area contributed by atoms with Crippen LogP contribution >= 0.6 is 0 Å². The Labute approximate surface area is 149 Å². The van der Waals surface area contributed by atoms with Gasteiger partial charge in [0.1, 0.15) is 29.6 Å². The van der Waals surface area contributed by atoms with E-state index in [1.807, 2.05) is 12.3 Å². The standard InChI is InChI=1S/C19H19F2N3O2/c20-13-5-14(21)7-15(6-13)26-19-2-4-24(11-18(19)25)10-12-8-23-17-9-22-3-1-16(12)17/h1,3,5-9,18-19,23,25H,2,4,10-11H2/t18-,19-/m1/s1. The molecule has 1 saturated heterocycles. The number of hydrogen-bond donors (Lipinski definition) is 2. The van der Waals surface area contributed by atoms with Crippen LogP contribution < -0.4 is 4.74 Å². The lowest BCUT2D eigenvalue weighted by molar-refractivity contribution is -0.0276. The highest BCUT2D eigenvalue weighted by molar-refractivity contribution is 5.82. The third kappa shape index (κ3) is 3.54. The van der Waals surface area contributed by atoms with E-state index < -0.39 is 23.8 Å². The van der Waals surface area contributed by atoms with Gasteiger partial charge >= 0.3 is 0 Å². The van der Waals surface area contributed by atoms with Gasteiger partial charge < -0.3 is 14.8 Å². The van der Waals surface area contributed by atoms with Gasteiger partial charge in [-0.2, -0.15) is 0 Å². The molecule has 4 rings (SSSR count). The molecule has 1 fully saturated rings. The SMILES string of the molecule is O[C@@H]1CN(Cc2c[nH]c3cnccc23)CC[C@H]1Oc1cc(F)cc(F)c1. The number of fused-ring (bicyclic) bond motifs is 1. The zero-order chi connectivity index (χ0) is 18.1. The van der Waals surface area contributed by atoms with E-state index in [9.17, 15) is 13.9 Å². The van der Waals surface area contributed by atoms with E-state index in [0.29, 0.717) is 19.5 Å². The molecule has 1 aromatic carbocycles. The van der Waals surface area contributed by atoms with Gasteiger partial charge in [-0.1, -0.05) is 0 Å². The topological polar surface area (TPSA) is 61.4 Å². The van der Waals surface area contributed by atoms with E-state index in [1.54, 1.807) is 12.4 Å². The summed E-state index contributed by atoms with van der Waals surface area (Å²) in [7, 11) is 0. The number of ether oxygens (including phenoxy) is 1. The maximum absolute atomic E-state index is 13.3. The summed E-state index contributed by atoms with van der Waals surface area (Å²) in [6.45, 7) is 1.85. The lowest BCUT2D eigenvalue weighted by Crippen LogP contribution is -2.48. The van der Waals surface area contributed by atoms with Gasteiger partial charge in [-0.05, 0) is 18.1 Å². The fourth-order valence-electron chi connectivity index (χ4n) is 3.43. The number of hydrogen-bond acceptors (Lipinski definition) is 4. The van der Waals surface area contributed by atoms with Crippen molar-refractivity contribution >= 4 is 10.9 Å². The number of nitrogens with one attached hydrogen (secondary N) is 1. The predicted molar refractivity (Wildman–Crippen MR) is 92.8 cm³/mol. The Balaban J connectivity index is 1.40. The lowest BCUT2D eigenvalue weighted by Gasteiger charge is -2.35. The molecule has 0 unspecified atom stereocenters. The average Bonchev–Trinajstić information content (AvgIpc) is 3.00. The van der Waals surface area contributed by atoms with Crippen molar-refractivity contribution in [1.82, 2.24) is 14.9 Å². The second kappa shape index (κ2) is 7.01. The Hall–Kier alpha value is -2.51.